The van der Waals surface area contributed by atoms with Crippen LogP contribution in [0.25, 0.3) is 0 Å². The molecule has 0 bridgehead atoms. The number of hydrogen-bond acceptors (Lipinski definition) is 7. The van der Waals surface area contributed by atoms with Crippen molar-refractivity contribution in [3.8, 4) is 0 Å². The summed E-state index contributed by atoms with van der Waals surface area (Å²) in [6.07, 6.45) is 5.96. The van der Waals surface area contributed by atoms with E-state index in [1.165, 1.54) is 38.5 Å². The van der Waals surface area contributed by atoms with Gasteiger partial charge in [0.15, 0.2) is 12.4 Å². The Morgan fingerprint density at radius 1 is 0.724 bits per heavy atom. The molecule has 1 fully saturated rings. The molecule has 1 rings (SSSR count). The molecule has 0 spiro atoms. The highest BCUT2D eigenvalue weighted by molar-refractivity contribution is 5.75. The molecule has 0 saturated carbocycles. The number of unbranched alkanes of at least 4 members (excludes halogenated alkanes) is 10. The van der Waals surface area contributed by atoms with Gasteiger partial charge in [0.05, 0.1) is 6.61 Å². The minimum absolute atomic E-state index is 0.249. The van der Waals surface area contributed by atoms with Crippen LogP contribution in [0.5, 0.6) is 0 Å². The summed E-state index contributed by atoms with van der Waals surface area (Å²) in [6.45, 7) is 4.93. The van der Waals surface area contributed by atoms with Crippen LogP contribution >= 0.6 is 0 Å². The minimum Gasteiger partial charge on any atom is -0.464 e. The van der Waals surface area contributed by atoms with Gasteiger partial charge in [-0.3, -0.25) is 0 Å². The van der Waals surface area contributed by atoms with Crippen LogP contribution < -0.4 is 0 Å². The number of carbonyl (C=O) groups is 1. The van der Waals surface area contributed by atoms with Crippen molar-refractivity contribution in [2.75, 3.05) is 13.2 Å². The highest BCUT2D eigenvalue weighted by Gasteiger charge is 2.48. The lowest BCUT2D eigenvalue weighted by molar-refractivity contribution is -0.295. The van der Waals surface area contributed by atoms with E-state index >= 15 is 0 Å². The SMILES string of the molecule is CCCCCCCCOC(=O)[C@H]1O[C@H](OCCCCCCCC)[C@H](O)[C@@H](O)[C@H]1O. The van der Waals surface area contributed by atoms with Gasteiger partial charge in [0.25, 0.3) is 0 Å². The van der Waals surface area contributed by atoms with E-state index < -0.39 is 36.7 Å². The second-order valence-corrected chi connectivity index (χ2v) is 7.97. The molecule has 0 amide bonds. The first-order valence-electron chi connectivity index (χ1n) is 11.5. The largest absolute Gasteiger partial charge is 0.464 e. The Labute approximate surface area is 175 Å². The van der Waals surface area contributed by atoms with E-state index in [2.05, 4.69) is 13.8 Å². The van der Waals surface area contributed by atoms with Crippen molar-refractivity contribution in [3.63, 3.8) is 0 Å². The average Bonchev–Trinajstić information content (AvgIpc) is 2.72. The lowest BCUT2D eigenvalue weighted by Gasteiger charge is -2.39. The summed E-state index contributed by atoms with van der Waals surface area (Å²) in [5.41, 5.74) is 0. The normalized spacial score (nSPS) is 27.1. The molecule has 0 radical (unpaired) electrons. The van der Waals surface area contributed by atoms with Crippen LogP contribution in [0.1, 0.15) is 90.9 Å². The minimum atomic E-state index is -1.55. The number of ether oxygens (including phenoxy) is 3. The summed E-state index contributed by atoms with van der Waals surface area (Å²) < 4.78 is 16.2. The van der Waals surface area contributed by atoms with Gasteiger partial charge in [-0.15, -0.1) is 0 Å². The van der Waals surface area contributed by atoms with Gasteiger partial charge in [-0.1, -0.05) is 78.1 Å². The molecule has 7 heteroatoms. The van der Waals surface area contributed by atoms with E-state index in [-0.39, 0.29) is 6.61 Å². The van der Waals surface area contributed by atoms with Crippen LogP contribution in [0.3, 0.4) is 0 Å². The monoisotopic (exact) mass is 418 g/mol. The van der Waals surface area contributed by atoms with Gasteiger partial charge in [0.1, 0.15) is 18.3 Å². The van der Waals surface area contributed by atoms with Gasteiger partial charge in [-0.25, -0.2) is 4.79 Å². The van der Waals surface area contributed by atoms with Crippen LogP contribution in [0.15, 0.2) is 0 Å². The molecule has 1 aliphatic heterocycles. The maximum atomic E-state index is 12.3. The van der Waals surface area contributed by atoms with Crippen molar-refractivity contribution in [2.45, 2.75) is 122 Å². The summed E-state index contributed by atoms with van der Waals surface area (Å²) in [5.74, 6) is -0.731. The maximum Gasteiger partial charge on any atom is 0.338 e. The lowest BCUT2D eigenvalue weighted by atomic mass is 9.99. The maximum absolute atomic E-state index is 12.3. The fourth-order valence-electron chi connectivity index (χ4n) is 3.40. The predicted octanol–water partition coefficient (Wildman–Crippen LogP) is 3.07. The molecule has 5 atom stereocenters. The summed E-state index contributed by atoms with van der Waals surface area (Å²) in [7, 11) is 0. The number of hydrogen-bond donors (Lipinski definition) is 3. The van der Waals surface area contributed by atoms with E-state index in [1.54, 1.807) is 0 Å². The Bertz CT molecular complexity index is 418. The Morgan fingerprint density at radius 3 is 1.83 bits per heavy atom. The molecule has 1 heterocycles. The number of aliphatic hydroxyl groups is 3. The molecule has 0 aromatic rings. The molecule has 1 saturated heterocycles. The highest BCUT2D eigenvalue weighted by Crippen LogP contribution is 2.23. The molecule has 7 nitrogen and oxygen atoms in total. The molecule has 0 aromatic heterocycles. The van der Waals surface area contributed by atoms with Crippen molar-refractivity contribution in [3.05, 3.63) is 0 Å². The standard InChI is InChI=1S/C22H42O7/c1-3-5-7-9-11-13-15-27-21(26)20-18(24)17(23)19(25)22(29-20)28-16-14-12-10-8-6-4-2/h17-20,22-25H,3-16H2,1-2H3/t17-,18+,19+,20-,22-/m0/s1. The van der Waals surface area contributed by atoms with Crippen molar-refractivity contribution >= 4 is 5.97 Å². The molecule has 0 aliphatic carbocycles. The zero-order chi connectivity index (χ0) is 21.5. The molecule has 172 valence electrons. The van der Waals surface area contributed by atoms with Crippen LogP contribution in [0.4, 0.5) is 0 Å². The molecule has 29 heavy (non-hydrogen) atoms. The number of esters is 1. The topological polar surface area (TPSA) is 105 Å². The predicted molar refractivity (Wildman–Crippen MR) is 110 cm³/mol. The first-order valence-corrected chi connectivity index (χ1v) is 11.5. The molecule has 3 N–H and O–H groups in total. The van der Waals surface area contributed by atoms with Gasteiger partial charge in [0.2, 0.25) is 0 Å². The Balaban J connectivity index is 2.33. The van der Waals surface area contributed by atoms with Crippen molar-refractivity contribution in [1.29, 1.82) is 0 Å². The summed E-state index contributed by atoms with van der Waals surface area (Å²) >= 11 is 0. The highest BCUT2D eigenvalue weighted by atomic mass is 16.7. The summed E-state index contributed by atoms with van der Waals surface area (Å²) in [4.78, 5) is 12.3. The second-order valence-electron chi connectivity index (χ2n) is 7.97. The Hall–Kier alpha value is -0.730. The van der Waals surface area contributed by atoms with Crippen LogP contribution in [0, 0.1) is 0 Å². The Kier molecular flexibility index (Phi) is 14.5. The van der Waals surface area contributed by atoms with Gasteiger partial charge in [0, 0.05) is 6.61 Å². The van der Waals surface area contributed by atoms with Crippen LogP contribution in [0.2, 0.25) is 0 Å². The van der Waals surface area contributed by atoms with Gasteiger partial charge in [-0.05, 0) is 12.8 Å². The van der Waals surface area contributed by atoms with Gasteiger partial charge < -0.3 is 29.5 Å². The average molecular weight is 419 g/mol. The van der Waals surface area contributed by atoms with Crippen molar-refractivity contribution < 1.29 is 34.3 Å². The number of carbonyl (C=O) groups excluding carboxylic acids is 1. The third-order valence-electron chi connectivity index (χ3n) is 5.32. The quantitative estimate of drug-likeness (QED) is 0.261. The molecular weight excluding hydrogens is 376 g/mol. The van der Waals surface area contributed by atoms with Crippen molar-refractivity contribution in [2.24, 2.45) is 0 Å². The smallest absolute Gasteiger partial charge is 0.338 e. The van der Waals surface area contributed by atoms with Crippen LogP contribution in [-0.2, 0) is 19.0 Å². The molecule has 0 aromatic carbocycles. The zero-order valence-electron chi connectivity index (χ0n) is 18.3. The number of rotatable bonds is 16. The first-order chi connectivity index (χ1) is 14.0. The first kappa shape index (κ1) is 26.3. The number of aliphatic hydroxyl groups excluding tert-OH is 3. The lowest BCUT2D eigenvalue weighted by Crippen LogP contribution is -2.60. The molecular formula is C22H42O7. The second kappa shape index (κ2) is 16.0. The molecule has 0 unspecified atom stereocenters. The fourth-order valence-corrected chi connectivity index (χ4v) is 3.40. The van der Waals surface area contributed by atoms with Gasteiger partial charge >= 0.3 is 5.97 Å². The van der Waals surface area contributed by atoms with E-state index in [4.69, 9.17) is 14.2 Å². The Morgan fingerprint density at radius 2 is 1.24 bits per heavy atom. The fraction of sp³-hybridized carbons (Fsp3) is 0.955. The van der Waals surface area contributed by atoms with Crippen molar-refractivity contribution in [1.82, 2.24) is 0 Å². The summed E-state index contributed by atoms with van der Waals surface area (Å²) in [6, 6.07) is 0. The third-order valence-corrected chi connectivity index (χ3v) is 5.32. The van der Waals surface area contributed by atoms with E-state index in [9.17, 15) is 20.1 Å². The third kappa shape index (κ3) is 10.2. The summed E-state index contributed by atoms with van der Waals surface area (Å²) in [5, 5.41) is 30.2. The van der Waals surface area contributed by atoms with E-state index in [0.717, 1.165) is 38.5 Å². The van der Waals surface area contributed by atoms with E-state index in [1.807, 2.05) is 0 Å². The zero-order valence-corrected chi connectivity index (χ0v) is 18.3. The van der Waals surface area contributed by atoms with E-state index in [0.29, 0.717) is 6.61 Å². The molecule has 1 aliphatic rings. The van der Waals surface area contributed by atoms with Gasteiger partial charge in [-0.2, -0.15) is 0 Å². The van der Waals surface area contributed by atoms with Crippen LogP contribution in [-0.4, -0.2) is 65.2 Å².